The molecule has 0 aliphatic carbocycles. The lowest BCUT2D eigenvalue weighted by molar-refractivity contribution is -0.134. The SMILES string of the molecule is CCCCN1CCNCC1.O=C(O)/C=C/C(=O)O. The Balaban J connectivity index is 0.000000331. The van der Waals surface area contributed by atoms with Crippen molar-refractivity contribution in [3.63, 3.8) is 0 Å². The quantitative estimate of drug-likeness (QED) is 0.619. The molecular formula is C12H22N2O4. The summed E-state index contributed by atoms with van der Waals surface area (Å²) in [7, 11) is 0. The fourth-order valence-electron chi connectivity index (χ4n) is 1.46. The molecule has 6 nitrogen and oxygen atoms in total. The van der Waals surface area contributed by atoms with E-state index in [4.69, 9.17) is 10.2 Å². The van der Waals surface area contributed by atoms with Gasteiger partial charge in [0, 0.05) is 38.3 Å². The zero-order chi connectivity index (χ0) is 13.8. The summed E-state index contributed by atoms with van der Waals surface area (Å²) in [6.45, 7) is 8.42. The van der Waals surface area contributed by atoms with E-state index >= 15 is 0 Å². The van der Waals surface area contributed by atoms with E-state index in [0.717, 1.165) is 0 Å². The third kappa shape index (κ3) is 11.1. The largest absolute Gasteiger partial charge is 0.478 e. The van der Waals surface area contributed by atoms with Gasteiger partial charge in [-0.3, -0.25) is 0 Å². The smallest absolute Gasteiger partial charge is 0.328 e. The van der Waals surface area contributed by atoms with E-state index in [9.17, 15) is 9.59 Å². The van der Waals surface area contributed by atoms with Crippen LogP contribution in [0.25, 0.3) is 0 Å². The van der Waals surface area contributed by atoms with Gasteiger partial charge >= 0.3 is 11.9 Å². The maximum atomic E-state index is 9.55. The van der Waals surface area contributed by atoms with Crippen LogP contribution in [0.5, 0.6) is 0 Å². The molecule has 0 aromatic rings. The van der Waals surface area contributed by atoms with Gasteiger partial charge in [-0.2, -0.15) is 0 Å². The minimum absolute atomic E-state index is 0.558. The van der Waals surface area contributed by atoms with E-state index in [1.165, 1.54) is 45.6 Å². The van der Waals surface area contributed by atoms with Crippen LogP contribution in [-0.2, 0) is 9.59 Å². The van der Waals surface area contributed by atoms with E-state index in [0.29, 0.717) is 12.2 Å². The van der Waals surface area contributed by atoms with E-state index in [2.05, 4.69) is 17.1 Å². The monoisotopic (exact) mass is 258 g/mol. The second kappa shape index (κ2) is 10.7. The van der Waals surface area contributed by atoms with Gasteiger partial charge in [0.05, 0.1) is 0 Å². The van der Waals surface area contributed by atoms with Gasteiger partial charge in [0.1, 0.15) is 0 Å². The topological polar surface area (TPSA) is 89.9 Å². The van der Waals surface area contributed by atoms with E-state index in [1.54, 1.807) is 0 Å². The van der Waals surface area contributed by atoms with Crippen LogP contribution in [0, 0.1) is 0 Å². The second-order valence-corrected chi connectivity index (χ2v) is 3.96. The normalized spacial score (nSPS) is 16.1. The molecule has 18 heavy (non-hydrogen) atoms. The first kappa shape index (κ1) is 16.6. The average Bonchev–Trinajstić information content (AvgIpc) is 2.36. The molecule has 6 heteroatoms. The van der Waals surface area contributed by atoms with Gasteiger partial charge in [-0.1, -0.05) is 13.3 Å². The Labute approximate surface area is 107 Å². The van der Waals surface area contributed by atoms with Gasteiger partial charge < -0.3 is 20.4 Å². The molecule has 3 N–H and O–H groups in total. The lowest BCUT2D eigenvalue weighted by Crippen LogP contribution is -2.43. The highest BCUT2D eigenvalue weighted by molar-refractivity contribution is 5.89. The number of nitrogens with zero attached hydrogens (tertiary/aromatic N) is 1. The Kier molecular flexibility index (Phi) is 9.90. The second-order valence-electron chi connectivity index (χ2n) is 3.96. The molecule has 1 fully saturated rings. The predicted octanol–water partition coefficient (Wildman–Crippen LogP) is 0.404. The van der Waals surface area contributed by atoms with Gasteiger partial charge in [0.15, 0.2) is 0 Å². The summed E-state index contributed by atoms with van der Waals surface area (Å²) in [5, 5.41) is 19.0. The number of piperazine rings is 1. The van der Waals surface area contributed by atoms with Gasteiger partial charge in [-0.15, -0.1) is 0 Å². The Hall–Kier alpha value is -1.40. The number of hydrogen-bond donors (Lipinski definition) is 3. The maximum Gasteiger partial charge on any atom is 0.328 e. The van der Waals surface area contributed by atoms with Crippen molar-refractivity contribution >= 4 is 11.9 Å². The first-order chi connectivity index (χ1) is 8.56. The fourth-order valence-corrected chi connectivity index (χ4v) is 1.46. The van der Waals surface area contributed by atoms with Crippen molar-refractivity contribution in [3.8, 4) is 0 Å². The Morgan fingerprint density at radius 2 is 1.67 bits per heavy atom. The number of unbranched alkanes of at least 4 members (excludes halogenated alkanes) is 1. The van der Waals surface area contributed by atoms with Crippen LogP contribution in [0.4, 0.5) is 0 Å². The molecule has 0 saturated carbocycles. The van der Waals surface area contributed by atoms with Crippen LogP contribution in [0.1, 0.15) is 19.8 Å². The van der Waals surface area contributed by atoms with Gasteiger partial charge in [0.25, 0.3) is 0 Å². The number of aliphatic carboxylic acids is 2. The molecule has 0 unspecified atom stereocenters. The molecule has 1 saturated heterocycles. The van der Waals surface area contributed by atoms with Crippen molar-refractivity contribution in [1.29, 1.82) is 0 Å². The number of hydrogen-bond acceptors (Lipinski definition) is 4. The molecule has 1 rings (SSSR count). The van der Waals surface area contributed by atoms with Crippen LogP contribution in [0.2, 0.25) is 0 Å². The van der Waals surface area contributed by atoms with Crippen molar-refractivity contribution in [1.82, 2.24) is 10.2 Å². The Morgan fingerprint density at radius 1 is 1.17 bits per heavy atom. The van der Waals surface area contributed by atoms with E-state index < -0.39 is 11.9 Å². The van der Waals surface area contributed by atoms with Gasteiger partial charge in [-0.25, -0.2) is 9.59 Å². The average molecular weight is 258 g/mol. The first-order valence-corrected chi connectivity index (χ1v) is 6.13. The van der Waals surface area contributed by atoms with Crippen molar-refractivity contribution in [2.24, 2.45) is 0 Å². The lowest BCUT2D eigenvalue weighted by Gasteiger charge is -2.26. The summed E-state index contributed by atoms with van der Waals surface area (Å²) in [5.41, 5.74) is 0. The van der Waals surface area contributed by atoms with Crippen molar-refractivity contribution in [2.45, 2.75) is 19.8 Å². The molecule has 0 aromatic carbocycles. The molecule has 104 valence electrons. The van der Waals surface area contributed by atoms with Crippen LogP contribution >= 0.6 is 0 Å². The summed E-state index contributed by atoms with van der Waals surface area (Å²) in [6.07, 6.45) is 3.80. The lowest BCUT2D eigenvalue weighted by atomic mass is 10.3. The summed E-state index contributed by atoms with van der Waals surface area (Å²) < 4.78 is 0. The first-order valence-electron chi connectivity index (χ1n) is 6.13. The Bertz CT molecular complexity index is 257. The minimum Gasteiger partial charge on any atom is -0.478 e. The van der Waals surface area contributed by atoms with Crippen molar-refractivity contribution in [3.05, 3.63) is 12.2 Å². The molecule has 0 bridgehead atoms. The summed E-state index contributed by atoms with van der Waals surface area (Å²) >= 11 is 0. The Morgan fingerprint density at radius 3 is 2.06 bits per heavy atom. The van der Waals surface area contributed by atoms with Gasteiger partial charge in [0.2, 0.25) is 0 Å². The molecule has 0 radical (unpaired) electrons. The summed E-state index contributed by atoms with van der Waals surface area (Å²) in [4.78, 5) is 21.6. The highest BCUT2D eigenvalue weighted by Gasteiger charge is 2.06. The van der Waals surface area contributed by atoms with Crippen LogP contribution in [0.15, 0.2) is 12.2 Å². The van der Waals surface area contributed by atoms with Gasteiger partial charge in [-0.05, 0) is 13.0 Å². The summed E-state index contributed by atoms with van der Waals surface area (Å²) in [6, 6.07) is 0. The molecule has 1 aliphatic rings. The number of nitrogens with one attached hydrogen (secondary N) is 1. The standard InChI is InChI=1S/C8H18N2.C4H4O4/c1-2-3-6-10-7-4-9-5-8-10;5-3(6)1-2-4(7)8/h9H,2-8H2,1H3;1-2H,(H,5,6)(H,7,8)/b;2-1+. The third-order valence-electron chi connectivity index (χ3n) is 2.41. The van der Waals surface area contributed by atoms with Crippen molar-refractivity contribution < 1.29 is 19.8 Å². The number of carboxylic acid groups (broad SMARTS) is 2. The zero-order valence-corrected chi connectivity index (χ0v) is 10.8. The number of rotatable bonds is 5. The minimum atomic E-state index is -1.26. The number of carboxylic acids is 2. The molecule has 1 aliphatic heterocycles. The van der Waals surface area contributed by atoms with E-state index in [1.807, 2.05) is 0 Å². The zero-order valence-electron chi connectivity index (χ0n) is 10.8. The van der Waals surface area contributed by atoms with Crippen LogP contribution in [0.3, 0.4) is 0 Å². The number of carbonyl (C=O) groups is 2. The molecule has 0 spiro atoms. The fraction of sp³-hybridized carbons (Fsp3) is 0.667. The molecule has 0 atom stereocenters. The summed E-state index contributed by atoms with van der Waals surface area (Å²) in [5.74, 6) is -2.51. The highest BCUT2D eigenvalue weighted by Crippen LogP contribution is 1.95. The molecule has 0 aromatic heterocycles. The third-order valence-corrected chi connectivity index (χ3v) is 2.41. The predicted molar refractivity (Wildman–Crippen MR) is 68.6 cm³/mol. The maximum absolute atomic E-state index is 9.55. The van der Waals surface area contributed by atoms with Crippen LogP contribution < -0.4 is 5.32 Å². The molecular weight excluding hydrogens is 236 g/mol. The molecule has 0 amide bonds. The highest BCUT2D eigenvalue weighted by atomic mass is 16.4. The van der Waals surface area contributed by atoms with Crippen LogP contribution in [-0.4, -0.2) is 59.8 Å². The van der Waals surface area contributed by atoms with Crippen molar-refractivity contribution in [2.75, 3.05) is 32.7 Å². The molecule has 1 heterocycles. The van der Waals surface area contributed by atoms with E-state index in [-0.39, 0.29) is 0 Å².